The van der Waals surface area contributed by atoms with Crippen molar-refractivity contribution in [2.75, 3.05) is 21.2 Å². The Morgan fingerprint density at radius 3 is 2.12 bits per heavy atom. The van der Waals surface area contributed by atoms with Gasteiger partial charge in [0.2, 0.25) is 5.78 Å². The van der Waals surface area contributed by atoms with Crippen molar-refractivity contribution in [2.45, 2.75) is 145 Å². The van der Waals surface area contributed by atoms with E-state index in [9.17, 15) is 39.9 Å². The van der Waals surface area contributed by atoms with E-state index in [1.54, 1.807) is 13.8 Å². The number of ether oxygens (including phenoxy) is 7. The Labute approximate surface area is 330 Å². The van der Waals surface area contributed by atoms with Gasteiger partial charge in [-0.25, -0.2) is 0 Å². The second-order valence-electron chi connectivity index (χ2n) is 16.4. The molecule has 16 heteroatoms. The zero-order chi connectivity index (χ0) is 41.2. The highest BCUT2D eigenvalue weighted by molar-refractivity contribution is 6.30. The molecule has 14 unspecified atom stereocenters. The van der Waals surface area contributed by atoms with E-state index in [0.717, 1.165) is 7.11 Å². The number of carbonyl (C=O) groups is 3. The van der Waals surface area contributed by atoms with Crippen LogP contribution in [0, 0.1) is 0 Å². The number of phenols is 2. The molecule has 3 fully saturated rings. The first-order valence-corrected chi connectivity index (χ1v) is 19.5. The van der Waals surface area contributed by atoms with Gasteiger partial charge in [-0.1, -0.05) is 12.1 Å². The molecular formula is C41H53NO15. The number of aliphatic hydroxyl groups excluding tert-OH is 2. The summed E-state index contributed by atoms with van der Waals surface area (Å²) in [6.45, 7) is 6.81. The van der Waals surface area contributed by atoms with Gasteiger partial charge in [0, 0.05) is 48.4 Å². The molecule has 0 amide bonds. The summed E-state index contributed by atoms with van der Waals surface area (Å²) >= 11 is 0. The van der Waals surface area contributed by atoms with Gasteiger partial charge in [-0.05, 0) is 65.9 Å². The number of esters is 1. The molecule has 5 N–H and O–H groups in total. The van der Waals surface area contributed by atoms with Gasteiger partial charge in [-0.2, -0.15) is 0 Å². The molecule has 57 heavy (non-hydrogen) atoms. The molecule has 0 radical (unpaired) electrons. The third-order valence-electron chi connectivity index (χ3n) is 12.1. The van der Waals surface area contributed by atoms with Gasteiger partial charge in [0.25, 0.3) is 0 Å². The van der Waals surface area contributed by atoms with Crippen molar-refractivity contribution in [1.29, 1.82) is 0 Å². The average molecular weight is 800 g/mol. The molecular weight excluding hydrogens is 746 g/mol. The molecule has 3 aliphatic heterocycles. The molecule has 312 valence electrons. The first-order chi connectivity index (χ1) is 26.9. The number of aliphatic hydroxyl groups is 3. The van der Waals surface area contributed by atoms with Crippen molar-refractivity contribution in [3.05, 3.63) is 57.6 Å². The minimum absolute atomic E-state index is 0.0198. The number of likely N-dealkylation sites (N-methyl/N-ethyl adjacent to an activating group) is 1. The molecule has 0 spiro atoms. The number of carbonyl (C=O) groups excluding carboxylic acids is 3. The Kier molecular flexibility index (Phi) is 11.6. The lowest BCUT2D eigenvalue weighted by Crippen LogP contribution is -2.58. The number of methoxy groups -OCH3 is 1. The number of hydrogen-bond acceptors (Lipinski definition) is 16. The molecule has 2 aromatic carbocycles. The third-order valence-corrected chi connectivity index (χ3v) is 12.1. The van der Waals surface area contributed by atoms with Crippen molar-refractivity contribution in [1.82, 2.24) is 4.90 Å². The van der Waals surface area contributed by atoms with Gasteiger partial charge in [-0.15, -0.1) is 0 Å². The second kappa shape index (κ2) is 15.9. The number of aromatic hydroxyl groups is 2. The number of fused-ring (bicyclic) bond motifs is 3. The quantitative estimate of drug-likeness (QED) is 0.207. The molecule has 2 aromatic rings. The smallest absolute Gasteiger partial charge is 0.316 e. The molecule has 7 rings (SSSR count). The maximum Gasteiger partial charge on any atom is 0.316 e. The molecule has 3 saturated heterocycles. The van der Waals surface area contributed by atoms with Gasteiger partial charge in [0.15, 0.2) is 24.7 Å². The van der Waals surface area contributed by atoms with Crippen LogP contribution in [0.15, 0.2) is 24.3 Å². The predicted octanol–water partition coefficient (Wildman–Crippen LogP) is 2.56. The van der Waals surface area contributed by atoms with Gasteiger partial charge in [0.05, 0.1) is 60.5 Å². The first kappa shape index (κ1) is 41.6. The molecule has 5 aliphatic rings. The average Bonchev–Trinajstić information content (AvgIpc) is 3.13. The molecule has 0 aromatic heterocycles. The van der Waals surface area contributed by atoms with Gasteiger partial charge in [-0.3, -0.25) is 14.4 Å². The summed E-state index contributed by atoms with van der Waals surface area (Å²) in [6.07, 6.45) is -6.61. The number of hydrogen-bond donors (Lipinski definition) is 5. The van der Waals surface area contributed by atoms with Crippen molar-refractivity contribution in [3.8, 4) is 11.5 Å². The van der Waals surface area contributed by atoms with Crippen LogP contribution < -0.4 is 0 Å². The summed E-state index contributed by atoms with van der Waals surface area (Å²) in [5, 5.41) is 55.5. The van der Waals surface area contributed by atoms with E-state index in [4.69, 9.17) is 33.2 Å². The van der Waals surface area contributed by atoms with Gasteiger partial charge < -0.3 is 63.6 Å². The Morgan fingerprint density at radius 1 is 0.825 bits per heavy atom. The second-order valence-corrected chi connectivity index (χ2v) is 16.4. The monoisotopic (exact) mass is 799 g/mol. The molecule has 16 nitrogen and oxygen atoms in total. The van der Waals surface area contributed by atoms with Crippen LogP contribution in [0.25, 0.3) is 0 Å². The van der Waals surface area contributed by atoms with Crippen molar-refractivity contribution in [2.24, 2.45) is 0 Å². The zero-order valence-corrected chi connectivity index (χ0v) is 33.1. The molecule has 2 aliphatic carbocycles. The topological polar surface area (TPSA) is 220 Å². The van der Waals surface area contributed by atoms with E-state index in [2.05, 4.69) is 0 Å². The van der Waals surface area contributed by atoms with Crippen molar-refractivity contribution >= 4 is 17.5 Å². The molecule has 0 saturated carbocycles. The predicted molar refractivity (Wildman–Crippen MR) is 198 cm³/mol. The maximum atomic E-state index is 13.9. The van der Waals surface area contributed by atoms with Crippen LogP contribution in [0.3, 0.4) is 0 Å². The Bertz CT molecular complexity index is 1870. The van der Waals surface area contributed by atoms with Crippen LogP contribution >= 0.6 is 0 Å². The first-order valence-electron chi connectivity index (χ1n) is 19.5. The number of rotatable bonds is 8. The van der Waals surface area contributed by atoms with Gasteiger partial charge >= 0.3 is 5.97 Å². The maximum absolute atomic E-state index is 13.9. The summed E-state index contributed by atoms with van der Waals surface area (Å²) in [4.78, 5) is 42.8. The lowest BCUT2D eigenvalue weighted by atomic mass is 9.68. The minimum Gasteiger partial charge on any atom is -0.507 e. The van der Waals surface area contributed by atoms with Crippen LogP contribution in [0.4, 0.5) is 0 Å². The van der Waals surface area contributed by atoms with Crippen LogP contribution in [0.5, 0.6) is 11.5 Å². The van der Waals surface area contributed by atoms with E-state index >= 15 is 0 Å². The van der Waals surface area contributed by atoms with Crippen molar-refractivity contribution < 1.29 is 73.1 Å². The highest BCUT2D eigenvalue weighted by Gasteiger charge is 2.52. The van der Waals surface area contributed by atoms with E-state index in [1.807, 2.05) is 25.9 Å². The minimum atomic E-state index is -1.80. The fourth-order valence-electron chi connectivity index (χ4n) is 9.16. The van der Waals surface area contributed by atoms with Crippen LogP contribution in [-0.2, 0) is 38.0 Å². The SMILES string of the molecule is COC(=O)C1c2cc3c(c(O)c2C(OC2CC(N(C)C)C(OC4CC(O)C(OC5CCC(O)C(C)O5)C(C)O4)C(C)O2)CC1(C)O)C(=O)c1c(O)cccc1C3=O. The van der Waals surface area contributed by atoms with Gasteiger partial charge in [0.1, 0.15) is 29.6 Å². The lowest BCUT2D eigenvalue weighted by Gasteiger charge is -2.48. The molecule has 0 bridgehead atoms. The van der Waals surface area contributed by atoms with E-state index < -0.39 is 108 Å². The fraction of sp³-hybridized carbons (Fsp3) is 0.634. The van der Waals surface area contributed by atoms with Crippen LogP contribution in [0.2, 0.25) is 0 Å². The lowest BCUT2D eigenvalue weighted by molar-refractivity contribution is -0.328. The third kappa shape index (κ3) is 7.61. The number of benzene rings is 2. The molecule has 14 atom stereocenters. The van der Waals surface area contributed by atoms with Crippen LogP contribution in [-0.4, -0.2) is 142 Å². The number of phenolic OH excluding ortho intramolecular Hbond substituents is 2. The van der Waals surface area contributed by atoms with Crippen molar-refractivity contribution in [3.63, 3.8) is 0 Å². The Hall–Kier alpha value is -3.55. The summed E-state index contributed by atoms with van der Waals surface area (Å²) in [6, 6.07) is 5.09. The largest absolute Gasteiger partial charge is 0.507 e. The fourth-order valence-corrected chi connectivity index (χ4v) is 9.16. The summed E-state index contributed by atoms with van der Waals surface area (Å²) in [5.74, 6) is -4.63. The highest BCUT2D eigenvalue weighted by atomic mass is 16.7. The molecule has 3 heterocycles. The Balaban J connectivity index is 1.12. The highest BCUT2D eigenvalue weighted by Crippen LogP contribution is 2.53. The van der Waals surface area contributed by atoms with E-state index in [1.165, 1.54) is 31.2 Å². The standard InChI is InChI=1S/C41H53NO15/c1-17-24(43)11-12-28(52-17)56-39-19(3)54-30(15-26(39)45)57-38-18(2)53-29(14-23(38)42(5)6)55-27-16-41(4,50)34(40(49)51-7)21-13-22-33(37(48)32(21)27)36(47)31-20(35(22)46)9-8-10-25(31)44/h8-10,13,17-19,23-24,26-30,34,38-39,43-45,48,50H,11-12,14-16H2,1-7H3. The summed E-state index contributed by atoms with van der Waals surface area (Å²) in [7, 11) is 4.91. The zero-order valence-electron chi connectivity index (χ0n) is 33.1. The number of nitrogens with zero attached hydrogens (tertiary/aromatic N) is 1. The number of ketones is 2. The van der Waals surface area contributed by atoms with Crippen LogP contribution in [0.1, 0.15) is 115 Å². The Morgan fingerprint density at radius 2 is 1.47 bits per heavy atom. The summed E-state index contributed by atoms with van der Waals surface area (Å²) < 4.78 is 42.6. The summed E-state index contributed by atoms with van der Waals surface area (Å²) in [5.41, 5.74) is -2.56. The van der Waals surface area contributed by atoms with E-state index in [-0.39, 0.29) is 58.7 Å². The van der Waals surface area contributed by atoms with E-state index in [0.29, 0.717) is 12.8 Å². The normalized spacial score (nSPS) is 38.0.